The maximum atomic E-state index is 12.9. The number of hydrogen-bond donors (Lipinski definition) is 4. The lowest BCUT2D eigenvalue weighted by Gasteiger charge is -2.40. The second kappa shape index (κ2) is 19.8. The van der Waals surface area contributed by atoms with Gasteiger partial charge in [-0.1, -0.05) is 33.8 Å². The van der Waals surface area contributed by atoms with Crippen molar-refractivity contribution in [3.05, 3.63) is 22.4 Å². The van der Waals surface area contributed by atoms with Gasteiger partial charge in [0.05, 0.1) is 18.1 Å². The van der Waals surface area contributed by atoms with E-state index in [1.54, 1.807) is 25.2 Å². The Hall–Kier alpha value is -1.11. The minimum atomic E-state index is -1.14. The molecule has 0 bridgehead atoms. The summed E-state index contributed by atoms with van der Waals surface area (Å²) >= 11 is 1.77. The fourth-order valence-electron chi connectivity index (χ4n) is 6.93. The Labute approximate surface area is 284 Å². The van der Waals surface area contributed by atoms with Gasteiger partial charge in [0.25, 0.3) is 0 Å². The molecule has 1 aromatic rings. The van der Waals surface area contributed by atoms with Crippen LogP contribution in [0.2, 0.25) is 0 Å². The average Bonchev–Trinajstić information content (AvgIpc) is 3.50. The molecule has 11 atom stereocenters. The molecule has 10 heteroatoms. The molecule has 0 amide bonds. The molecule has 2 aliphatic heterocycles. The van der Waals surface area contributed by atoms with Crippen molar-refractivity contribution in [1.82, 2.24) is 15.1 Å². The number of thiophene rings is 1. The zero-order valence-corrected chi connectivity index (χ0v) is 31.3. The molecule has 268 valence electrons. The third-order valence-electron chi connectivity index (χ3n) is 10.2. The predicted octanol–water partition coefficient (Wildman–Crippen LogP) is 5.12. The molecule has 0 spiro atoms. The van der Waals surface area contributed by atoms with Crippen molar-refractivity contribution in [3.8, 4) is 0 Å². The van der Waals surface area contributed by atoms with Crippen LogP contribution < -0.4 is 5.32 Å². The van der Waals surface area contributed by atoms with Gasteiger partial charge >= 0.3 is 5.97 Å². The maximum Gasteiger partial charge on any atom is 0.311 e. The molecule has 0 saturated carbocycles. The Morgan fingerprint density at radius 2 is 1.76 bits per heavy atom. The van der Waals surface area contributed by atoms with Crippen molar-refractivity contribution in [2.45, 2.75) is 143 Å². The summed E-state index contributed by atoms with van der Waals surface area (Å²) < 4.78 is 11.0. The maximum absolute atomic E-state index is 12.9. The van der Waals surface area contributed by atoms with Gasteiger partial charge in [0.2, 0.25) is 0 Å². The standard InChI is InChI=1S/C28H50N2O4S.C8H17NO2/c1-8-25-28(7,33)16-22(5)30(13-10-12-29-17-24-11-9-14-35-24)18-21(4)19(2)15-20(3)26(31)23(6)27(32)34-25;1-6-4-7(9(2)3)5-8(10)11-6/h9,11,14,19-23,25-26,29,31,33H,8,10,12-13,15-18H2,1-7H3;6-8,10H,4-5H2,1-3H3/t19?,20?,21-,22+,23?,25?,26?,28-;/m0./s1. The van der Waals surface area contributed by atoms with Crippen molar-refractivity contribution in [1.29, 1.82) is 0 Å². The highest BCUT2D eigenvalue weighted by Gasteiger charge is 2.39. The quantitative estimate of drug-likeness (QED) is 0.221. The predicted molar refractivity (Wildman–Crippen MR) is 188 cm³/mol. The average molecular weight is 670 g/mol. The van der Waals surface area contributed by atoms with E-state index >= 15 is 0 Å². The van der Waals surface area contributed by atoms with Crippen LogP contribution in [0.3, 0.4) is 0 Å². The largest absolute Gasteiger partial charge is 0.459 e. The van der Waals surface area contributed by atoms with E-state index in [-0.39, 0.29) is 18.1 Å². The molecular weight excluding hydrogens is 602 g/mol. The molecule has 3 rings (SSSR count). The van der Waals surface area contributed by atoms with Crippen molar-refractivity contribution in [2.75, 3.05) is 33.7 Å². The zero-order chi connectivity index (χ0) is 34.6. The number of carbonyl (C=O) groups excluding carboxylic acids is 1. The van der Waals surface area contributed by atoms with Crippen molar-refractivity contribution >= 4 is 17.3 Å². The second-order valence-electron chi connectivity index (χ2n) is 14.8. The van der Waals surface area contributed by atoms with Crippen LogP contribution in [0.4, 0.5) is 0 Å². The molecule has 46 heavy (non-hydrogen) atoms. The topological polar surface area (TPSA) is 115 Å². The summed E-state index contributed by atoms with van der Waals surface area (Å²) in [4.78, 5) is 18.8. The Morgan fingerprint density at radius 1 is 1.07 bits per heavy atom. The lowest BCUT2D eigenvalue weighted by molar-refractivity contribution is -0.175. The summed E-state index contributed by atoms with van der Waals surface area (Å²) in [7, 11) is 4.07. The lowest BCUT2D eigenvalue weighted by atomic mass is 9.81. The number of aliphatic hydroxyl groups excluding tert-OH is 2. The number of esters is 1. The molecule has 8 unspecified atom stereocenters. The number of cyclic esters (lactones) is 1. The first-order chi connectivity index (χ1) is 21.5. The number of ether oxygens (including phenoxy) is 2. The summed E-state index contributed by atoms with van der Waals surface area (Å²) in [6, 6.07) is 4.85. The number of nitrogens with zero attached hydrogens (tertiary/aromatic N) is 2. The van der Waals surface area contributed by atoms with E-state index in [1.165, 1.54) is 4.88 Å². The van der Waals surface area contributed by atoms with E-state index < -0.39 is 36.0 Å². The summed E-state index contributed by atoms with van der Waals surface area (Å²) in [5, 5.41) is 37.2. The van der Waals surface area contributed by atoms with Crippen LogP contribution in [-0.2, 0) is 20.8 Å². The van der Waals surface area contributed by atoms with Crippen LogP contribution in [0.1, 0.15) is 98.8 Å². The van der Waals surface area contributed by atoms with Gasteiger partial charge in [0.15, 0.2) is 6.29 Å². The summed E-state index contributed by atoms with van der Waals surface area (Å²) in [6.07, 6.45) is 2.96. The van der Waals surface area contributed by atoms with Gasteiger partial charge in [-0.3, -0.25) is 4.79 Å². The molecule has 2 fully saturated rings. The minimum absolute atomic E-state index is 0.00847. The molecule has 1 aromatic heterocycles. The number of rotatable bonds is 8. The first-order valence-electron chi connectivity index (χ1n) is 17.6. The zero-order valence-electron chi connectivity index (χ0n) is 30.4. The highest BCUT2D eigenvalue weighted by molar-refractivity contribution is 7.09. The molecule has 2 aliphatic rings. The summed E-state index contributed by atoms with van der Waals surface area (Å²) in [5.41, 5.74) is -1.14. The third-order valence-corrected chi connectivity index (χ3v) is 11.1. The van der Waals surface area contributed by atoms with Gasteiger partial charge in [-0.25, -0.2) is 0 Å². The van der Waals surface area contributed by atoms with E-state index in [0.717, 1.165) is 51.9 Å². The van der Waals surface area contributed by atoms with E-state index in [1.807, 2.05) is 34.9 Å². The fourth-order valence-corrected chi connectivity index (χ4v) is 7.61. The Kier molecular flexibility index (Phi) is 17.7. The number of nitrogens with one attached hydrogen (secondary N) is 1. The molecule has 4 N–H and O–H groups in total. The third kappa shape index (κ3) is 13.4. The molecule has 9 nitrogen and oxygen atoms in total. The normalized spacial score (nSPS) is 37.2. The minimum Gasteiger partial charge on any atom is -0.459 e. The lowest BCUT2D eigenvalue weighted by Crippen LogP contribution is -2.50. The first-order valence-corrected chi connectivity index (χ1v) is 18.5. The molecule has 2 saturated heterocycles. The van der Waals surface area contributed by atoms with Crippen LogP contribution in [0.25, 0.3) is 0 Å². The highest BCUT2D eigenvalue weighted by atomic mass is 32.1. The Morgan fingerprint density at radius 3 is 2.35 bits per heavy atom. The fraction of sp³-hybridized carbons (Fsp3) is 0.861. The van der Waals surface area contributed by atoms with Gasteiger partial charge in [-0.05, 0) is 116 Å². The van der Waals surface area contributed by atoms with Crippen molar-refractivity contribution in [3.63, 3.8) is 0 Å². The number of hydrogen-bond acceptors (Lipinski definition) is 10. The van der Waals surface area contributed by atoms with Gasteiger partial charge < -0.3 is 39.9 Å². The van der Waals surface area contributed by atoms with Crippen LogP contribution in [0.15, 0.2) is 17.5 Å². The van der Waals surface area contributed by atoms with Crippen LogP contribution in [0, 0.1) is 23.7 Å². The molecule has 0 radical (unpaired) electrons. The second-order valence-corrected chi connectivity index (χ2v) is 15.8. The van der Waals surface area contributed by atoms with Crippen LogP contribution >= 0.6 is 11.3 Å². The van der Waals surface area contributed by atoms with E-state index in [0.29, 0.717) is 30.7 Å². The SMILES string of the molecule is CC1CC(N(C)C)CC(O)O1.CCC1OC(=O)C(C)C(O)C(C)CC(C)[C@@H](C)CN(CCCNCc2cccs2)[C@H](C)C[C@]1(C)O. The highest BCUT2D eigenvalue weighted by Crippen LogP contribution is 2.31. The van der Waals surface area contributed by atoms with E-state index in [9.17, 15) is 20.1 Å². The van der Waals surface area contributed by atoms with Crippen LogP contribution in [0.5, 0.6) is 0 Å². The summed E-state index contributed by atoms with van der Waals surface area (Å²) in [6.45, 7) is 19.9. The molecule has 0 aromatic carbocycles. The number of carbonyl (C=O) groups is 1. The van der Waals surface area contributed by atoms with Gasteiger partial charge in [0, 0.05) is 36.5 Å². The molecule has 0 aliphatic carbocycles. The Bertz CT molecular complexity index is 969. The summed E-state index contributed by atoms with van der Waals surface area (Å²) in [5.74, 6) is -0.207. The van der Waals surface area contributed by atoms with Crippen molar-refractivity contribution in [2.24, 2.45) is 23.7 Å². The van der Waals surface area contributed by atoms with Gasteiger partial charge in [-0.15, -0.1) is 11.3 Å². The van der Waals surface area contributed by atoms with Crippen LogP contribution in [-0.4, -0.2) is 107 Å². The number of aliphatic hydroxyl groups is 3. The van der Waals surface area contributed by atoms with Gasteiger partial charge in [-0.2, -0.15) is 0 Å². The van der Waals surface area contributed by atoms with E-state index in [4.69, 9.17) is 9.47 Å². The molecular formula is C36H67N3O6S. The Balaban J connectivity index is 0.000000562. The monoisotopic (exact) mass is 669 g/mol. The smallest absolute Gasteiger partial charge is 0.311 e. The van der Waals surface area contributed by atoms with E-state index in [2.05, 4.69) is 53.4 Å². The van der Waals surface area contributed by atoms with Gasteiger partial charge in [0.1, 0.15) is 11.7 Å². The molecule has 3 heterocycles. The first kappa shape index (κ1) is 41.1. The van der Waals surface area contributed by atoms with Crippen molar-refractivity contribution < 1.29 is 29.6 Å².